The van der Waals surface area contributed by atoms with E-state index in [0.717, 1.165) is 39.0 Å². The maximum absolute atomic E-state index is 5.96. The quantitative estimate of drug-likeness (QED) is 0.702. The summed E-state index contributed by atoms with van der Waals surface area (Å²) >= 11 is 0. The molecular formula is C11H24N2O. The summed E-state index contributed by atoms with van der Waals surface area (Å²) in [5.41, 5.74) is 6.11. The van der Waals surface area contributed by atoms with Gasteiger partial charge >= 0.3 is 0 Å². The molecule has 0 spiro atoms. The summed E-state index contributed by atoms with van der Waals surface area (Å²) in [5, 5.41) is 3.53. The highest BCUT2D eigenvalue weighted by molar-refractivity contribution is 4.86. The van der Waals surface area contributed by atoms with Gasteiger partial charge in [0.05, 0.1) is 6.61 Å². The van der Waals surface area contributed by atoms with Crippen molar-refractivity contribution in [1.82, 2.24) is 5.32 Å². The van der Waals surface area contributed by atoms with Gasteiger partial charge in [0.15, 0.2) is 0 Å². The second-order valence-electron chi connectivity index (χ2n) is 4.65. The van der Waals surface area contributed by atoms with E-state index in [1.807, 2.05) is 0 Å². The van der Waals surface area contributed by atoms with Gasteiger partial charge in [-0.3, -0.25) is 0 Å². The van der Waals surface area contributed by atoms with Crippen molar-refractivity contribution in [2.24, 2.45) is 5.73 Å². The van der Waals surface area contributed by atoms with Crippen molar-refractivity contribution in [2.75, 3.05) is 19.8 Å². The fourth-order valence-corrected chi connectivity index (χ4v) is 1.92. The van der Waals surface area contributed by atoms with Crippen LogP contribution in [0.2, 0.25) is 0 Å². The third kappa shape index (κ3) is 3.95. The van der Waals surface area contributed by atoms with Gasteiger partial charge in [0.2, 0.25) is 0 Å². The van der Waals surface area contributed by atoms with E-state index >= 15 is 0 Å². The van der Waals surface area contributed by atoms with E-state index in [2.05, 4.69) is 19.2 Å². The van der Waals surface area contributed by atoms with Crippen LogP contribution < -0.4 is 11.1 Å². The summed E-state index contributed by atoms with van der Waals surface area (Å²) in [7, 11) is 0. The average Bonchev–Trinajstić information content (AvgIpc) is 2.17. The lowest BCUT2D eigenvalue weighted by molar-refractivity contribution is 0.0280. The van der Waals surface area contributed by atoms with Gasteiger partial charge in [-0.05, 0) is 26.2 Å². The predicted molar refractivity (Wildman–Crippen MR) is 59.3 cm³/mol. The molecule has 14 heavy (non-hydrogen) atoms. The lowest BCUT2D eigenvalue weighted by Crippen LogP contribution is -2.52. The Labute approximate surface area is 87.4 Å². The first kappa shape index (κ1) is 12.0. The minimum absolute atomic E-state index is 0.156. The fourth-order valence-electron chi connectivity index (χ4n) is 1.92. The van der Waals surface area contributed by atoms with Crippen molar-refractivity contribution >= 4 is 0 Å². The van der Waals surface area contributed by atoms with E-state index in [1.54, 1.807) is 0 Å². The van der Waals surface area contributed by atoms with Gasteiger partial charge in [-0.25, -0.2) is 0 Å². The third-order valence-electron chi connectivity index (χ3n) is 2.89. The van der Waals surface area contributed by atoms with Crippen LogP contribution in [0, 0.1) is 0 Å². The van der Waals surface area contributed by atoms with Crippen LogP contribution in [-0.4, -0.2) is 31.3 Å². The van der Waals surface area contributed by atoms with E-state index < -0.39 is 0 Å². The van der Waals surface area contributed by atoms with Crippen molar-refractivity contribution in [1.29, 1.82) is 0 Å². The lowest BCUT2D eigenvalue weighted by atomic mass is 9.94. The zero-order valence-electron chi connectivity index (χ0n) is 9.51. The van der Waals surface area contributed by atoms with Crippen molar-refractivity contribution < 1.29 is 4.74 Å². The number of hydrogen-bond acceptors (Lipinski definition) is 3. The molecule has 1 rings (SSSR count). The van der Waals surface area contributed by atoms with E-state index in [4.69, 9.17) is 10.5 Å². The Balaban J connectivity index is 2.21. The Morgan fingerprint density at radius 3 is 2.93 bits per heavy atom. The zero-order valence-corrected chi connectivity index (χ0v) is 9.51. The fraction of sp³-hybridized carbons (Fsp3) is 1.00. The molecule has 3 N–H and O–H groups in total. The summed E-state index contributed by atoms with van der Waals surface area (Å²) < 4.78 is 5.47. The predicted octanol–water partition coefficient (Wildman–Crippen LogP) is 1.27. The first-order valence-electron chi connectivity index (χ1n) is 5.74. The molecule has 0 aliphatic carbocycles. The average molecular weight is 200 g/mol. The topological polar surface area (TPSA) is 47.3 Å². The van der Waals surface area contributed by atoms with Crippen LogP contribution in [-0.2, 0) is 4.74 Å². The monoisotopic (exact) mass is 200 g/mol. The first-order chi connectivity index (χ1) is 6.66. The molecule has 0 radical (unpaired) electrons. The Kier molecular flexibility index (Phi) is 4.85. The molecule has 0 amide bonds. The van der Waals surface area contributed by atoms with Crippen LogP contribution in [0.3, 0.4) is 0 Å². The number of nitrogens with two attached hydrogens (primary N) is 1. The van der Waals surface area contributed by atoms with Crippen LogP contribution >= 0.6 is 0 Å². The number of ether oxygens (including phenoxy) is 1. The van der Waals surface area contributed by atoms with Crippen molar-refractivity contribution in [2.45, 2.75) is 51.1 Å². The molecule has 2 atom stereocenters. The summed E-state index contributed by atoms with van der Waals surface area (Å²) in [4.78, 5) is 0. The third-order valence-corrected chi connectivity index (χ3v) is 2.89. The Morgan fingerprint density at radius 2 is 2.36 bits per heavy atom. The molecule has 3 nitrogen and oxygen atoms in total. The van der Waals surface area contributed by atoms with Gasteiger partial charge in [0, 0.05) is 24.7 Å². The molecule has 1 saturated heterocycles. The highest BCUT2D eigenvalue weighted by Gasteiger charge is 2.26. The smallest absolute Gasteiger partial charge is 0.0645 e. The second kappa shape index (κ2) is 5.69. The van der Waals surface area contributed by atoms with E-state index in [0.29, 0.717) is 6.04 Å². The van der Waals surface area contributed by atoms with E-state index in [-0.39, 0.29) is 5.54 Å². The van der Waals surface area contributed by atoms with Gasteiger partial charge in [-0.15, -0.1) is 0 Å². The molecule has 84 valence electrons. The second-order valence-corrected chi connectivity index (χ2v) is 4.65. The van der Waals surface area contributed by atoms with Crippen LogP contribution in [0.25, 0.3) is 0 Å². The first-order valence-corrected chi connectivity index (χ1v) is 5.74. The van der Waals surface area contributed by atoms with Crippen molar-refractivity contribution in [3.63, 3.8) is 0 Å². The van der Waals surface area contributed by atoms with Gasteiger partial charge < -0.3 is 15.8 Å². The van der Waals surface area contributed by atoms with Crippen LogP contribution in [0.1, 0.15) is 39.5 Å². The molecule has 0 aromatic carbocycles. The molecule has 3 heteroatoms. The highest BCUT2D eigenvalue weighted by atomic mass is 16.5. The van der Waals surface area contributed by atoms with Crippen molar-refractivity contribution in [3.05, 3.63) is 0 Å². The van der Waals surface area contributed by atoms with Gasteiger partial charge in [-0.2, -0.15) is 0 Å². The van der Waals surface area contributed by atoms with Crippen molar-refractivity contribution in [3.8, 4) is 0 Å². The minimum atomic E-state index is 0.156. The Morgan fingerprint density at radius 1 is 1.57 bits per heavy atom. The summed E-state index contributed by atoms with van der Waals surface area (Å²) in [5.74, 6) is 0. The minimum Gasteiger partial charge on any atom is -0.380 e. The molecule has 0 aromatic rings. The molecule has 1 aliphatic rings. The maximum Gasteiger partial charge on any atom is 0.0645 e. The molecule has 2 unspecified atom stereocenters. The molecule has 1 heterocycles. The maximum atomic E-state index is 5.96. The molecule has 1 fully saturated rings. The molecular weight excluding hydrogens is 176 g/mol. The lowest BCUT2D eigenvalue weighted by Gasteiger charge is -2.35. The Bertz CT molecular complexity index is 155. The molecule has 0 aromatic heterocycles. The SMILES string of the molecule is CCCC(N)CNC1(C)CCCOC1. The number of nitrogens with one attached hydrogen (secondary N) is 1. The largest absolute Gasteiger partial charge is 0.380 e. The van der Waals surface area contributed by atoms with E-state index in [1.165, 1.54) is 6.42 Å². The van der Waals surface area contributed by atoms with Gasteiger partial charge in [0.1, 0.15) is 0 Å². The normalized spacial score (nSPS) is 30.2. The number of hydrogen-bond donors (Lipinski definition) is 2. The standard InChI is InChI=1S/C11H24N2O/c1-3-5-10(12)8-13-11(2)6-4-7-14-9-11/h10,13H,3-9,12H2,1-2H3. The van der Waals surface area contributed by atoms with Gasteiger partial charge in [0.25, 0.3) is 0 Å². The van der Waals surface area contributed by atoms with Crippen LogP contribution in [0.5, 0.6) is 0 Å². The summed E-state index contributed by atoms with van der Waals surface area (Å²) in [6, 6.07) is 0.291. The summed E-state index contributed by atoms with van der Waals surface area (Å²) in [6.07, 6.45) is 4.62. The van der Waals surface area contributed by atoms with Crippen LogP contribution in [0.15, 0.2) is 0 Å². The van der Waals surface area contributed by atoms with Gasteiger partial charge in [-0.1, -0.05) is 13.3 Å². The van der Waals surface area contributed by atoms with E-state index in [9.17, 15) is 0 Å². The zero-order chi connectivity index (χ0) is 10.4. The molecule has 0 bridgehead atoms. The molecule has 1 aliphatic heterocycles. The van der Waals surface area contributed by atoms with Crippen LogP contribution in [0.4, 0.5) is 0 Å². The Hall–Kier alpha value is -0.120. The molecule has 0 saturated carbocycles. The number of rotatable bonds is 5. The summed E-state index contributed by atoms with van der Waals surface area (Å²) in [6.45, 7) is 7.05. The highest BCUT2D eigenvalue weighted by Crippen LogP contribution is 2.17.